The van der Waals surface area contributed by atoms with Gasteiger partial charge in [-0.2, -0.15) is 0 Å². The molecule has 5 heteroatoms. The normalized spacial score (nSPS) is 16.8. The number of fused-ring (bicyclic) bond motifs is 1. The molecule has 3 rings (SSSR count). The van der Waals surface area contributed by atoms with Crippen LogP contribution in [0.1, 0.15) is 11.9 Å². The highest BCUT2D eigenvalue weighted by atomic mass is 79.9. The number of para-hydroxylation sites is 1. The van der Waals surface area contributed by atoms with Crippen LogP contribution >= 0.6 is 15.9 Å². The second kappa shape index (κ2) is 4.33. The number of pyridine rings is 1. The number of hydrogen-bond donors (Lipinski definition) is 0. The summed E-state index contributed by atoms with van der Waals surface area (Å²) in [6.45, 7) is 0.969. The minimum absolute atomic E-state index is 0.185. The molecule has 3 nitrogen and oxygen atoms in total. The van der Waals surface area contributed by atoms with Gasteiger partial charge in [0.1, 0.15) is 4.60 Å². The summed E-state index contributed by atoms with van der Waals surface area (Å²) in [4.78, 5) is 4.14. The van der Waals surface area contributed by atoms with Gasteiger partial charge in [-0.1, -0.05) is 18.2 Å². The Labute approximate surface area is 106 Å². The van der Waals surface area contributed by atoms with Crippen LogP contribution < -0.4 is 0 Å². The molecule has 0 amide bonds. The highest BCUT2D eigenvalue weighted by Gasteiger charge is 2.26. The van der Waals surface area contributed by atoms with Gasteiger partial charge in [-0.05, 0) is 22.0 Å². The maximum Gasteiger partial charge on any atom is 0.187 e. The fourth-order valence-corrected chi connectivity index (χ4v) is 2.34. The summed E-state index contributed by atoms with van der Waals surface area (Å²) in [6, 6.07) is 7.35. The van der Waals surface area contributed by atoms with Crippen molar-refractivity contribution in [3.8, 4) is 0 Å². The van der Waals surface area contributed by atoms with Crippen molar-refractivity contribution in [2.75, 3.05) is 13.2 Å². The van der Waals surface area contributed by atoms with E-state index >= 15 is 0 Å². The van der Waals surface area contributed by atoms with Crippen molar-refractivity contribution < 1.29 is 13.9 Å². The van der Waals surface area contributed by atoms with Gasteiger partial charge in [0.05, 0.1) is 24.3 Å². The van der Waals surface area contributed by atoms with E-state index in [-0.39, 0.29) is 4.60 Å². The second-order valence-electron chi connectivity index (χ2n) is 3.72. The predicted molar refractivity (Wildman–Crippen MR) is 64.0 cm³/mol. The molecule has 1 aliphatic heterocycles. The number of nitrogens with zero attached hydrogens (tertiary/aromatic N) is 1. The molecule has 0 unspecified atom stereocenters. The van der Waals surface area contributed by atoms with Crippen molar-refractivity contribution in [1.82, 2.24) is 4.98 Å². The molecule has 0 atom stereocenters. The molecule has 17 heavy (non-hydrogen) atoms. The van der Waals surface area contributed by atoms with Crippen LogP contribution in [0.3, 0.4) is 0 Å². The molecule has 0 N–H and O–H groups in total. The molecule has 0 aliphatic carbocycles. The zero-order valence-corrected chi connectivity index (χ0v) is 10.4. The van der Waals surface area contributed by atoms with Crippen LogP contribution in [0.15, 0.2) is 28.9 Å². The van der Waals surface area contributed by atoms with Crippen LogP contribution in [0.5, 0.6) is 0 Å². The number of ether oxygens (including phenoxy) is 2. The summed E-state index contributed by atoms with van der Waals surface area (Å²) in [5.74, 6) is -0.421. The fourth-order valence-electron chi connectivity index (χ4n) is 1.94. The first kappa shape index (κ1) is 11.1. The van der Waals surface area contributed by atoms with E-state index in [1.165, 1.54) is 0 Å². The molecule has 2 aromatic rings. The number of halogens is 2. The van der Waals surface area contributed by atoms with Crippen LogP contribution in [-0.2, 0) is 9.47 Å². The first-order valence-electron chi connectivity index (χ1n) is 5.24. The van der Waals surface area contributed by atoms with Crippen molar-refractivity contribution in [3.63, 3.8) is 0 Å². The Morgan fingerprint density at radius 1 is 1.24 bits per heavy atom. The lowest BCUT2D eigenvalue weighted by atomic mass is 10.1. The van der Waals surface area contributed by atoms with E-state index < -0.39 is 12.1 Å². The van der Waals surface area contributed by atoms with Crippen LogP contribution in [0.25, 0.3) is 10.9 Å². The molecule has 1 aromatic carbocycles. The SMILES string of the molecule is Fc1c(Br)nc2ccccc2c1C1OCCO1. The third-order valence-corrected chi connectivity index (χ3v) is 3.21. The molecule has 0 saturated carbocycles. The summed E-state index contributed by atoms with van der Waals surface area (Å²) in [6.07, 6.45) is -0.640. The predicted octanol–water partition coefficient (Wildman–Crippen LogP) is 3.18. The average Bonchev–Trinajstić information content (AvgIpc) is 2.84. The summed E-state index contributed by atoms with van der Waals surface area (Å²) >= 11 is 3.12. The standard InChI is InChI=1S/C12H9BrFNO2/c13-11-10(14)9(12-16-5-6-17-12)7-3-1-2-4-8(7)15-11/h1-4,12H,5-6H2. The number of aromatic nitrogens is 1. The molecule has 88 valence electrons. The third kappa shape index (κ3) is 1.84. The van der Waals surface area contributed by atoms with E-state index in [4.69, 9.17) is 9.47 Å². The Hall–Kier alpha value is -1.04. The first-order valence-corrected chi connectivity index (χ1v) is 6.03. The smallest absolute Gasteiger partial charge is 0.187 e. The van der Waals surface area contributed by atoms with Crippen LogP contribution in [0.2, 0.25) is 0 Å². The second-order valence-corrected chi connectivity index (χ2v) is 4.47. The van der Waals surface area contributed by atoms with E-state index in [2.05, 4.69) is 20.9 Å². The highest BCUT2D eigenvalue weighted by molar-refractivity contribution is 9.10. The highest BCUT2D eigenvalue weighted by Crippen LogP contribution is 2.34. The van der Waals surface area contributed by atoms with Gasteiger partial charge in [0.25, 0.3) is 0 Å². The first-order chi connectivity index (χ1) is 8.27. The molecule has 0 spiro atoms. The number of rotatable bonds is 1. The maximum atomic E-state index is 14.1. The van der Waals surface area contributed by atoms with Gasteiger partial charge in [-0.25, -0.2) is 9.37 Å². The Morgan fingerprint density at radius 3 is 2.71 bits per heavy atom. The topological polar surface area (TPSA) is 31.4 Å². The van der Waals surface area contributed by atoms with Gasteiger partial charge >= 0.3 is 0 Å². The molecule has 1 aliphatic rings. The van der Waals surface area contributed by atoms with Gasteiger partial charge in [-0.3, -0.25) is 0 Å². The molecule has 2 heterocycles. The molecule has 1 aromatic heterocycles. The minimum atomic E-state index is -0.640. The van der Waals surface area contributed by atoms with Gasteiger partial charge in [0, 0.05) is 5.39 Å². The quantitative estimate of drug-likeness (QED) is 0.758. The van der Waals surface area contributed by atoms with Gasteiger partial charge in [0.15, 0.2) is 12.1 Å². The Morgan fingerprint density at radius 2 is 1.94 bits per heavy atom. The Kier molecular flexibility index (Phi) is 2.82. The van der Waals surface area contributed by atoms with Crippen LogP contribution in [0.4, 0.5) is 4.39 Å². The minimum Gasteiger partial charge on any atom is -0.346 e. The van der Waals surface area contributed by atoms with Gasteiger partial charge in [-0.15, -0.1) is 0 Å². The summed E-state index contributed by atoms with van der Waals surface area (Å²) in [5.41, 5.74) is 1.13. The Balaban J connectivity index is 2.29. The van der Waals surface area contributed by atoms with Crippen molar-refractivity contribution in [1.29, 1.82) is 0 Å². The molecular formula is C12H9BrFNO2. The largest absolute Gasteiger partial charge is 0.346 e. The number of benzene rings is 1. The third-order valence-electron chi connectivity index (χ3n) is 2.69. The van der Waals surface area contributed by atoms with Crippen molar-refractivity contribution in [2.45, 2.75) is 6.29 Å². The average molecular weight is 298 g/mol. The zero-order chi connectivity index (χ0) is 11.8. The zero-order valence-electron chi connectivity index (χ0n) is 8.82. The fraction of sp³-hybridized carbons (Fsp3) is 0.250. The van der Waals surface area contributed by atoms with Gasteiger partial charge in [0.2, 0.25) is 0 Å². The van der Waals surface area contributed by atoms with Gasteiger partial charge < -0.3 is 9.47 Å². The molecular weight excluding hydrogens is 289 g/mol. The summed E-state index contributed by atoms with van der Waals surface area (Å²) in [5, 5.41) is 0.722. The molecule has 0 radical (unpaired) electrons. The lowest BCUT2D eigenvalue weighted by Crippen LogP contribution is -2.04. The van der Waals surface area contributed by atoms with Crippen molar-refractivity contribution >= 4 is 26.8 Å². The van der Waals surface area contributed by atoms with E-state index in [1.54, 1.807) is 0 Å². The monoisotopic (exact) mass is 297 g/mol. The maximum absolute atomic E-state index is 14.1. The summed E-state index contributed by atoms with van der Waals surface area (Å²) in [7, 11) is 0. The van der Waals surface area contributed by atoms with E-state index in [9.17, 15) is 4.39 Å². The van der Waals surface area contributed by atoms with E-state index in [1.807, 2.05) is 24.3 Å². The number of hydrogen-bond acceptors (Lipinski definition) is 3. The van der Waals surface area contributed by atoms with Crippen LogP contribution in [-0.4, -0.2) is 18.2 Å². The van der Waals surface area contributed by atoms with E-state index in [0.29, 0.717) is 18.8 Å². The molecule has 1 saturated heterocycles. The van der Waals surface area contributed by atoms with Crippen molar-refractivity contribution in [3.05, 3.63) is 40.2 Å². The molecule has 1 fully saturated rings. The van der Waals surface area contributed by atoms with Crippen LogP contribution in [0, 0.1) is 5.82 Å². The lowest BCUT2D eigenvalue weighted by Gasteiger charge is -2.14. The van der Waals surface area contributed by atoms with E-state index in [0.717, 1.165) is 10.9 Å². The Bertz CT molecular complexity index is 570. The summed E-state index contributed by atoms with van der Waals surface area (Å²) < 4.78 is 25.0. The molecule has 0 bridgehead atoms. The lowest BCUT2D eigenvalue weighted by molar-refractivity contribution is -0.0454. The van der Waals surface area contributed by atoms with Crippen molar-refractivity contribution in [2.24, 2.45) is 0 Å².